The van der Waals surface area contributed by atoms with Gasteiger partial charge in [-0.3, -0.25) is 0 Å². The molecule has 0 fully saturated rings. The Bertz CT molecular complexity index is 218. The van der Waals surface area contributed by atoms with Crippen LogP contribution in [0.2, 0.25) is 19.6 Å². The number of hydrogen-bond donors (Lipinski definition) is 0. The highest BCUT2D eigenvalue weighted by Gasteiger charge is 2.07. The summed E-state index contributed by atoms with van der Waals surface area (Å²) in [4.78, 5) is 0. The fourth-order valence-electron chi connectivity index (χ4n) is 0.367. The van der Waals surface area contributed by atoms with Crippen LogP contribution in [0, 0.1) is 11.5 Å². The first kappa shape index (κ1) is 11.2. The first-order valence-corrected chi connectivity index (χ1v) is 8.27. The molecular weight excluding hydrogens is 263 g/mol. The van der Waals surface area contributed by atoms with Crippen LogP contribution in [0.25, 0.3) is 0 Å². The molecule has 0 aliphatic heterocycles. The number of allylic oxidation sites excluding steroid dienone is 2. The second kappa shape index (κ2) is 4.32. The number of hydrogen-bond acceptors (Lipinski definition) is 0. The first-order valence-electron chi connectivity index (χ1n) is 3.69. The van der Waals surface area contributed by atoms with E-state index >= 15 is 0 Å². The largest absolute Gasteiger partial charge is 0.129 e. The van der Waals surface area contributed by atoms with Gasteiger partial charge < -0.3 is 0 Å². The lowest BCUT2D eigenvalue weighted by Crippen LogP contribution is -2.16. The molecule has 0 amide bonds. The molecule has 0 aromatic heterocycles. The van der Waals surface area contributed by atoms with Gasteiger partial charge in [-0.1, -0.05) is 25.6 Å². The highest BCUT2D eigenvalue weighted by molar-refractivity contribution is 14.1. The Balaban J connectivity index is 4.45. The second-order valence-corrected chi connectivity index (χ2v) is 10.0. The maximum absolute atomic E-state index is 3.33. The standard InChI is InChI=1S/C9H15ISi/c1-8(9(2)10)6-7-11(3,4)5/h1-5H3. The van der Waals surface area contributed by atoms with Crippen LogP contribution in [0.4, 0.5) is 0 Å². The zero-order chi connectivity index (χ0) is 9.07. The average Bonchev–Trinajstić information content (AvgIpc) is 1.80. The van der Waals surface area contributed by atoms with E-state index in [1.165, 1.54) is 9.15 Å². The van der Waals surface area contributed by atoms with Crippen LogP contribution in [0.15, 0.2) is 9.15 Å². The Hall–Kier alpha value is 0.247. The summed E-state index contributed by atoms with van der Waals surface area (Å²) in [5, 5.41) is 0. The summed E-state index contributed by atoms with van der Waals surface area (Å²) in [5.74, 6) is 3.21. The predicted octanol–water partition coefficient (Wildman–Crippen LogP) is 3.60. The van der Waals surface area contributed by atoms with E-state index in [4.69, 9.17) is 0 Å². The lowest BCUT2D eigenvalue weighted by atomic mass is 10.3. The van der Waals surface area contributed by atoms with Crippen LogP contribution in [0.5, 0.6) is 0 Å². The van der Waals surface area contributed by atoms with Crippen LogP contribution >= 0.6 is 22.6 Å². The Morgan fingerprint density at radius 2 is 1.64 bits per heavy atom. The van der Waals surface area contributed by atoms with E-state index < -0.39 is 8.07 Å². The van der Waals surface area contributed by atoms with Gasteiger partial charge in [0.15, 0.2) is 0 Å². The first-order chi connectivity index (χ1) is 4.83. The fraction of sp³-hybridized carbons (Fsp3) is 0.556. The molecule has 0 unspecified atom stereocenters. The molecule has 2 heteroatoms. The van der Waals surface area contributed by atoms with Gasteiger partial charge in [-0.05, 0) is 40.0 Å². The Labute approximate surface area is 84.6 Å². The van der Waals surface area contributed by atoms with E-state index in [-0.39, 0.29) is 0 Å². The second-order valence-electron chi connectivity index (χ2n) is 3.66. The quantitative estimate of drug-likeness (QED) is 0.361. The van der Waals surface area contributed by atoms with Crippen LogP contribution < -0.4 is 0 Å². The summed E-state index contributed by atoms with van der Waals surface area (Å²) >= 11 is 2.31. The van der Waals surface area contributed by atoms with Crippen LogP contribution in [-0.4, -0.2) is 8.07 Å². The van der Waals surface area contributed by atoms with Gasteiger partial charge in [-0.25, -0.2) is 0 Å². The third-order valence-electron chi connectivity index (χ3n) is 1.14. The highest BCUT2D eigenvalue weighted by atomic mass is 127. The third kappa shape index (κ3) is 6.64. The van der Waals surface area contributed by atoms with Gasteiger partial charge >= 0.3 is 0 Å². The molecular formula is C9H15ISi. The molecule has 0 heterocycles. The molecule has 0 aliphatic rings. The fourth-order valence-corrected chi connectivity index (χ4v) is 1.06. The van der Waals surface area contributed by atoms with Gasteiger partial charge in [0.25, 0.3) is 0 Å². The third-order valence-corrected chi connectivity index (χ3v) is 2.83. The molecule has 0 bridgehead atoms. The maximum atomic E-state index is 3.33. The number of rotatable bonds is 0. The van der Waals surface area contributed by atoms with Crippen molar-refractivity contribution in [3.63, 3.8) is 0 Å². The smallest absolute Gasteiger partial charge is 0.127 e. The molecule has 0 saturated carbocycles. The van der Waals surface area contributed by atoms with Crippen LogP contribution in [0.3, 0.4) is 0 Å². The van der Waals surface area contributed by atoms with Gasteiger partial charge in [-0.15, -0.1) is 5.54 Å². The van der Waals surface area contributed by atoms with Gasteiger partial charge in [0.2, 0.25) is 0 Å². The predicted molar refractivity (Wildman–Crippen MR) is 63.5 cm³/mol. The lowest BCUT2D eigenvalue weighted by Gasteiger charge is -2.03. The van der Waals surface area contributed by atoms with E-state index in [0.717, 1.165) is 0 Å². The molecule has 0 saturated heterocycles. The SMILES string of the molecule is CC(I)=C(C)C#C[Si](C)(C)C. The zero-order valence-corrected chi connectivity index (χ0v) is 11.0. The monoisotopic (exact) mass is 278 g/mol. The molecule has 0 nitrogen and oxygen atoms in total. The van der Waals surface area contributed by atoms with Gasteiger partial charge in [0.1, 0.15) is 8.07 Å². The molecule has 0 aromatic carbocycles. The highest BCUT2D eigenvalue weighted by Crippen LogP contribution is 2.10. The number of halogens is 1. The summed E-state index contributed by atoms with van der Waals surface area (Å²) in [6.45, 7) is 10.9. The van der Waals surface area contributed by atoms with E-state index in [2.05, 4.69) is 67.5 Å². The molecule has 0 aliphatic carbocycles. The summed E-state index contributed by atoms with van der Waals surface area (Å²) in [6, 6.07) is 0. The van der Waals surface area contributed by atoms with Crippen LogP contribution in [0.1, 0.15) is 13.8 Å². The molecule has 0 spiro atoms. The van der Waals surface area contributed by atoms with E-state index in [1.807, 2.05) is 0 Å². The lowest BCUT2D eigenvalue weighted by molar-refractivity contribution is 1.51. The molecule has 11 heavy (non-hydrogen) atoms. The maximum Gasteiger partial charge on any atom is 0.129 e. The summed E-state index contributed by atoms with van der Waals surface area (Å²) < 4.78 is 1.30. The molecule has 0 atom stereocenters. The summed E-state index contributed by atoms with van der Waals surface area (Å²) in [7, 11) is -1.16. The van der Waals surface area contributed by atoms with Crippen molar-refractivity contribution in [1.82, 2.24) is 0 Å². The van der Waals surface area contributed by atoms with Gasteiger partial charge in [0, 0.05) is 5.57 Å². The van der Waals surface area contributed by atoms with E-state index in [1.54, 1.807) is 0 Å². The van der Waals surface area contributed by atoms with Crippen molar-refractivity contribution in [2.45, 2.75) is 33.5 Å². The van der Waals surface area contributed by atoms with Crippen molar-refractivity contribution in [1.29, 1.82) is 0 Å². The van der Waals surface area contributed by atoms with Crippen LogP contribution in [-0.2, 0) is 0 Å². The Morgan fingerprint density at radius 1 is 1.18 bits per heavy atom. The van der Waals surface area contributed by atoms with Crippen molar-refractivity contribution in [2.75, 3.05) is 0 Å². The van der Waals surface area contributed by atoms with Crippen molar-refractivity contribution in [3.8, 4) is 11.5 Å². The minimum atomic E-state index is -1.16. The topological polar surface area (TPSA) is 0 Å². The zero-order valence-electron chi connectivity index (χ0n) is 7.88. The van der Waals surface area contributed by atoms with Crippen molar-refractivity contribution < 1.29 is 0 Å². The van der Waals surface area contributed by atoms with E-state index in [0.29, 0.717) is 0 Å². The Kier molecular flexibility index (Phi) is 4.41. The van der Waals surface area contributed by atoms with Gasteiger partial charge in [0.05, 0.1) is 0 Å². The average molecular weight is 278 g/mol. The molecule has 0 radical (unpaired) electrons. The van der Waals surface area contributed by atoms with Crippen molar-refractivity contribution in [2.24, 2.45) is 0 Å². The minimum absolute atomic E-state index is 1.16. The van der Waals surface area contributed by atoms with Crippen molar-refractivity contribution in [3.05, 3.63) is 9.15 Å². The van der Waals surface area contributed by atoms with Gasteiger partial charge in [-0.2, -0.15) is 0 Å². The van der Waals surface area contributed by atoms with Crippen molar-refractivity contribution >= 4 is 30.7 Å². The van der Waals surface area contributed by atoms with E-state index in [9.17, 15) is 0 Å². The molecule has 0 rings (SSSR count). The Morgan fingerprint density at radius 3 is 1.91 bits per heavy atom. The minimum Gasteiger partial charge on any atom is -0.127 e. The molecule has 0 aromatic rings. The summed E-state index contributed by atoms with van der Waals surface area (Å²) in [5.41, 5.74) is 4.54. The molecule has 62 valence electrons. The summed E-state index contributed by atoms with van der Waals surface area (Å²) in [6.07, 6.45) is 0. The molecule has 0 N–H and O–H groups in total. The normalized spacial score (nSPS) is 13.3.